The minimum absolute atomic E-state index is 0.00192. The van der Waals surface area contributed by atoms with Gasteiger partial charge in [0.15, 0.2) is 17.6 Å². The van der Waals surface area contributed by atoms with Gasteiger partial charge in [0, 0.05) is 41.2 Å². The van der Waals surface area contributed by atoms with Gasteiger partial charge in [0.05, 0.1) is 0 Å². The van der Waals surface area contributed by atoms with Crippen LogP contribution in [0, 0.1) is 5.92 Å². The molecule has 2 aliphatic rings. The highest BCUT2D eigenvalue weighted by atomic mass is 16.6. The van der Waals surface area contributed by atoms with Crippen molar-refractivity contribution in [3.05, 3.63) is 91.8 Å². The molecular weight excluding hydrogens is 452 g/mol. The summed E-state index contributed by atoms with van der Waals surface area (Å²) in [5, 5.41) is 0. The van der Waals surface area contributed by atoms with Crippen LogP contribution in [-0.2, 0) is 34.1 Å². The zero-order valence-electron chi connectivity index (χ0n) is 19.4. The molecule has 0 spiro atoms. The lowest BCUT2D eigenvalue weighted by atomic mass is 9.72. The molecule has 3 rings (SSSR count). The standard InChI is InChI=1S/C27H24O8/c1-7-19(28)32-17-13-11-15-16-12-14-18(33-20(29)8-2)26(35-22(31)10-4)24(16)27(5,6)23(15)25(17)34-21(30)9-3/h7-14,23,25H,1-4H2,5-6H3. The molecule has 2 unspecified atom stereocenters. The van der Waals surface area contributed by atoms with E-state index < -0.39 is 41.3 Å². The average molecular weight is 476 g/mol. The lowest BCUT2D eigenvalue weighted by Gasteiger charge is -2.37. The molecule has 180 valence electrons. The van der Waals surface area contributed by atoms with Crippen LogP contribution in [0.15, 0.2) is 80.7 Å². The maximum absolute atomic E-state index is 12.2. The van der Waals surface area contributed by atoms with Crippen molar-refractivity contribution in [2.24, 2.45) is 5.92 Å². The lowest BCUT2D eigenvalue weighted by molar-refractivity contribution is -0.149. The molecule has 1 aromatic carbocycles. The van der Waals surface area contributed by atoms with Crippen LogP contribution in [0.25, 0.3) is 5.57 Å². The molecule has 1 aromatic rings. The summed E-state index contributed by atoms with van der Waals surface area (Å²) in [6.07, 6.45) is 6.20. The van der Waals surface area contributed by atoms with Crippen LogP contribution in [0.3, 0.4) is 0 Å². The van der Waals surface area contributed by atoms with Crippen LogP contribution < -0.4 is 9.47 Å². The molecule has 0 amide bonds. The number of hydrogen-bond acceptors (Lipinski definition) is 8. The van der Waals surface area contributed by atoms with Gasteiger partial charge in [-0.25, -0.2) is 19.2 Å². The lowest BCUT2D eigenvalue weighted by Crippen LogP contribution is -2.40. The smallest absolute Gasteiger partial charge is 0.335 e. The summed E-state index contributed by atoms with van der Waals surface area (Å²) in [4.78, 5) is 48.3. The topological polar surface area (TPSA) is 105 Å². The summed E-state index contributed by atoms with van der Waals surface area (Å²) in [5.41, 5.74) is 1.07. The van der Waals surface area contributed by atoms with Gasteiger partial charge in [-0.2, -0.15) is 0 Å². The van der Waals surface area contributed by atoms with Crippen LogP contribution in [0.2, 0.25) is 0 Å². The second-order valence-corrected chi connectivity index (χ2v) is 8.14. The van der Waals surface area contributed by atoms with Gasteiger partial charge in [0.2, 0.25) is 0 Å². The number of hydrogen-bond donors (Lipinski definition) is 0. The summed E-state index contributed by atoms with van der Waals surface area (Å²) in [6, 6.07) is 3.20. The van der Waals surface area contributed by atoms with Crippen LogP contribution in [0.4, 0.5) is 0 Å². The van der Waals surface area contributed by atoms with E-state index in [0.717, 1.165) is 29.9 Å². The van der Waals surface area contributed by atoms with Gasteiger partial charge in [-0.05, 0) is 23.3 Å². The van der Waals surface area contributed by atoms with Crippen molar-refractivity contribution in [2.45, 2.75) is 25.4 Å². The van der Waals surface area contributed by atoms with Crippen molar-refractivity contribution < 1.29 is 38.1 Å². The van der Waals surface area contributed by atoms with Crippen molar-refractivity contribution >= 4 is 29.5 Å². The Kier molecular flexibility index (Phi) is 7.05. The highest BCUT2D eigenvalue weighted by Crippen LogP contribution is 2.59. The predicted molar refractivity (Wildman–Crippen MR) is 127 cm³/mol. The SMILES string of the molecule is C=CC(=O)OC1=CC=C2c3ccc(OC(=O)C=C)c(OC(=O)C=C)c3C(C)(C)C2C1OC(=O)C=C. The van der Waals surface area contributed by atoms with Gasteiger partial charge >= 0.3 is 23.9 Å². The Morgan fingerprint density at radius 1 is 0.800 bits per heavy atom. The summed E-state index contributed by atoms with van der Waals surface area (Å²) in [5.74, 6) is -3.40. The van der Waals surface area contributed by atoms with Gasteiger partial charge in [0.1, 0.15) is 5.76 Å². The molecule has 0 saturated carbocycles. The first-order valence-corrected chi connectivity index (χ1v) is 10.5. The molecule has 0 radical (unpaired) electrons. The Morgan fingerprint density at radius 3 is 1.97 bits per heavy atom. The Morgan fingerprint density at radius 2 is 1.37 bits per heavy atom. The van der Waals surface area contributed by atoms with E-state index in [1.54, 1.807) is 12.1 Å². The number of carbonyl (C=O) groups is 4. The Hall–Kier alpha value is -4.46. The molecule has 0 bridgehead atoms. The molecule has 0 aromatic heterocycles. The first-order valence-electron chi connectivity index (χ1n) is 10.5. The van der Waals surface area contributed by atoms with Crippen molar-refractivity contribution in [2.75, 3.05) is 0 Å². The maximum atomic E-state index is 12.2. The van der Waals surface area contributed by atoms with Crippen LogP contribution in [0.1, 0.15) is 25.0 Å². The van der Waals surface area contributed by atoms with E-state index in [0.29, 0.717) is 11.1 Å². The highest BCUT2D eigenvalue weighted by molar-refractivity contribution is 5.90. The number of carbonyl (C=O) groups excluding carboxylic acids is 4. The first kappa shape index (κ1) is 25.2. The molecule has 2 aliphatic carbocycles. The summed E-state index contributed by atoms with van der Waals surface area (Å²) >= 11 is 0. The summed E-state index contributed by atoms with van der Waals surface area (Å²) < 4.78 is 21.9. The molecule has 35 heavy (non-hydrogen) atoms. The Bertz CT molecular complexity index is 1230. The van der Waals surface area contributed by atoms with E-state index in [2.05, 4.69) is 26.3 Å². The number of fused-ring (bicyclic) bond motifs is 3. The van der Waals surface area contributed by atoms with E-state index >= 15 is 0 Å². The van der Waals surface area contributed by atoms with Gasteiger partial charge in [-0.15, -0.1) is 0 Å². The highest BCUT2D eigenvalue weighted by Gasteiger charge is 2.53. The van der Waals surface area contributed by atoms with Crippen LogP contribution >= 0.6 is 0 Å². The quantitative estimate of drug-likeness (QED) is 0.316. The number of esters is 4. The maximum Gasteiger partial charge on any atom is 0.335 e. The molecule has 0 N–H and O–H groups in total. The van der Waals surface area contributed by atoms with Gasteiger partial charge < -0.3 is 18.9 Å². The van der Waals surface area contributed by atoms with Gasteiger partial charge in [0.25, 0.3) is 0 Å². The van der Waals surface area contributed by atoms with E-state index in [-0.39, 0.29) is 17.3 Å². The molecule has 0 saturated heterocycles. The van der Waals surface area contributed by atoms with Crippen LogP contribution in [0.5, 0.6) is 11.5 Å². The Labute approximate surface area is 202 Å². The normalized spacial score (nSPS) is 18.9. The zero-order chi connectivity index (χ0) is 25.9. The van der Waals surface area contributed by atoms with Crippen LogP contribution in [-0.4, -0.2) is 30.0 Å². The third-order valence-electron chi connectivity index (χ3n) is 5.74. The molecule has 2 atom stereocenters. The van der Waals surface area contributed by atoms with Gasteiger partial charge in [-0.3, -0.25) is 0 Å². The summed E-state index contributed by atoms with van der Waals surface area (Å²) in [7, 11) is 0. The summed E-state index contributed by atoms with van der Waals surface area (Å²) in [6.45, 7) is 17.3. The van der Waals surface area contributed by atoms with E-state index in [9.17, 15) is 19.2 Å². The second-order valence-electron chi connectivity index (χ2n) is 8.14. The largest absolute Gasteiger partial charge is 0.450 e. The van der Waals surface area contributed by atoms with Gasteiger partial charge in [-0.1, -0.05) is 52.3 Å². The average Bonchev–Trinajstić information content (AvgIpc) is 3.08. The minimum Gasteiger partial charge on any atom is -0.450 e. The molecule has 0 heterocycles. The monoisotopic (exact) mass is 476 g/mol. The molecule has 0 aliphatic heterocycles. The number of benzene rings is 1. The fraction of sp³-hybridized carbons (Fsp3) is 0.185. The van der Waals surface area contributed by atoms with Crippen molar-refractivity contribution in [1.82, 2.24) is 0 Å². The zero-order valence-corrected chi connectivity index (χ0v) is 19.4. The van der Waals surface area contributed by atoms with Crippen molar-refractivity contribution in [3.8, 4) is 11.5 Å². The molecule has 0 fully saturated rings. The minimum atomic E-state index is -1.02. The van der Waals surface area contributed by atoms with E-state index in [1.807, 2.05) is 13.8 Å². The molecule has 8 nitrogen and oxygen atoms in total. The molecular formula is C27H24O8. The third-order valence-corrected chi connectivity index (χ3v) is 5.74. The van der Waals surface area contributed by atoms with Crippen molar-refractivity contribution in [1.29, 1.82) is 0 Å². The van der Waals surface area contributed by atoms with E-state index in [4.69, 9.17) is 18.9 Å². The number of ether oxygens (including phenoxy) is 4. The number of allylic oxidation sites excluding steroid dienone is 2. The fourth-order valence-electron chi connectivity index (χ4n) is 4.34. The van der Waals surface area contributed by atoms with E-state index in [1.165, 1.54) is 12.1 Å². The predicted octanol–water partition coefficient (Wildman–Crippen LogP) is 3.88. The number of rotatable bonds is 8. The second kappa shape index (κ2) is 9.80. The first-order chi connectivity index (χ1) is 16.6. The fourth-order valence-corrected chi connectivity index (χ4v) is 4.34. The molecule has 8 heteroatoms. The van der Waals surface area contributed by atoms with Crippen molar-refractivity contribution in [3.63, 3.8) is 0 Å². The Balaban J connectivity index is 2.24. The third kappa shape index (κ3) is 4.63.